The molecule has 0 radical (unpaired) electrons. The SMILES string of the molecule is COC(=O)COc1ccc(C(=O)N(C2CC2)C(C)c2ccccn2)cc1OC. The molecule has 1 atom stereocenters. The Morgan fingerprint density at radius 2 is 1.96 bits per heavy atom. The fourth-order valence-corrected chi connectivity index (χ4v) is 3.04. The number of pyridine rings is 1. The van der Waals surface area contributed by atoms with Crippen LogP contribution in [-0.2, 0) is 9.53 Å². The first kappa shape index (κ1) is 19.7. The molecule has 1 fully saturated rings. The molecular weight excluding hydrogens is 360 g/mol. The van der Waals surface area contributed by atoms with Crippen molar-refractivity contribution in [2.45, 2.75) is 31.8 Å². The van der Waals surface area contributed by atoms with Crippen molar-refractivity contribution in [2.75, 3.05) is 20.8 Å². The van der Waals surface area contributed by atoms with E-state index in [-0.39, 0.29) is 24.6 Å². The van der Waals surface area contributed by atoms with Crippen molar-refractivity contribution < 1.29 is 23.8 Å². The van der Waals surface area contributed by atoms with Gasteiger partial charge in [0.15, 0.2) is 18.1 Å². The summed E-state index contributed by atoms with van der Waals surface area (Å²) in [6, 6.07) is 10.7. The van der Waals surface area contributed by atoms with Gasteiger partial charge in [0.1, 0.15) is 0 Å². The van der Waals surface area contributed by atoms with Crippen LogP contribution in [0.5, 0.6) is 11.5 Å². The molecule has 1 heterocycles. The standard InChI is InChI=1S/C21H24N2O5/c1-14(17-6-4-5-11-22-17)23(16-8-9-16)21(25)15-7-10-18(19(12-15)26-2)28-13-20(24)27-3/h4-7,10-12,14,16H,8-9,13H2,1-3H3. The molecule has 7 heteroatoms. The highest BCUT2D eigenvalue weighted by Crippen LogP contribution is 2.36. The molecule has 1 amide bonds. The minimum absolute atomic E-state index is 0.0847. The number of nitrogens with zero attached hydrogens (tertiary/aromatic N) is 2. The van der Waals surface area contributed by atoms with Gasteiger partial charge in [-0.15, -0.1) is 0 Å². The van der Waals surface area contributed by atoms with Gasteiger partial charge in [-0.25, -0.2) is 4.79 Å². The summed E-state index contributed by atoms with van der Waals surface area (Å²) in [6.07, 6.45) is 3.71. The maximum Gasteiger partial charge on any atom is 0.343 e. The molecule has 2 aromatic rings. The van der Waals surface area contributed by atoms with Gasteiger partial charge < -0.3 is 19.1 Å². The van der Waals surface area contributed by atoms with Crippen LogP contribution >= 0.6 is 0 Å². The number of hydrogen-bond donors (Lipinski definition) is 0. The van der Waals surface area contributed by atoms with Gasteiger partial charge in [-0.1, -0.05) is 6.07 Å². The largest absolute Gasteiger partial charge is 0.493 e. The van der Waals surface area contributed by atoms with E-state index >= 15 is 0 Å². The molecule has 0 spiro atoms. The Balaban J connectivity index is 1.82. The van der Waals surface area contributed by atoms with Crippen LogP contribution in [0.15, 0.2) is 42.6 Å². The van der Waals surface area contributed by atoms with E-state index in [0.717, 1.165) is 18.5 Å². The molecule has 28 heavy (non-hydrogen) atoms. The van der Waals surface area contributed by atoms with Crippen molar-refractivity contribution in [3.05, 3.63) is 53.9 Å². The van der Waals surface area contributed by atoms with E-state index in [1.807, 2.05) is 30.0 Å². The van der Waals surface area contributed by atoms with Crippen LogP contribution in [0.3, 0.4) is 0 Å². The third kappa shape index (κ3) is 4.42. The lowest BCUT2D eigenvalue weighted by atomic mass is 10.1. The molecular formula is C21H24N2O5. The number of hydrogen-bond acceptors (Lipinski definition) is 6. The first-order valence-electron chi connectivity index (χ1n) is 9.16. The fraction of sp³-hybridized carbons (Fsp3) is 0.381. The Labute approximate surface area is 164 Å². The summed E-state index contributed by atoms with van der Waals surface area (Å²) in [5, 5.41) is 0. The summed E-state index contributed by atoms with van der Waals surface area (Å²) < 4.78 is 15.3. The predicted molar refractivity (Wildman–Crippen MR) is 102 cm³/mol. The minimum Gasteiger partial charge on any atom is -0.493 e. The number of amides is 1. The Morgan fingerprint density at radius 1 is 1.18 bits per heavy atom. The first-order chi connectivity index (χ1) is 13.5. The summed E-state index contributed by atoms with van der Waals surface area (Å²) in [4.78, 5) is 30.8. The fourth-order valence-electron chi connectivity index (χ4n) is 3.04. The average Bonchev–Trinajstić information content (AvgIpc) is 3.57. The zero-order valence-electron chi connectivity index (χ0n) is 16.3. The van der Waals surface area contributed by atoms with Crippen molar-refractivity contribution in [2.24, 2.45) is 0 Å². The molecule has 1 unspecified atom stereocenters. The molecule has 1 aliphatic rings. The van der Waals surface area contributed by atoms with Gasteiger partial charge in [0.25, 0.3) is 5.91 Å². The van der Waals surface area contributed by atoms with Crippen LogP contribution < -0.4 is 9.47 Å². The summed E-state index contributed by atoms with van der Waals surface area (Å²) in [6.45, 7) is 1.76. The van der Waals surface area contributed by atoms with Gasteiger partial charge in [0.2, 0.25) is 0 Å². The van der Waals surface area contributed by atoms with Crippen LogP contribution in [0.1, 0.15) is 41.9 Å². The highest BCUT2D eigenvalue weighted by Gasteiger charge is 2.37. The summed E-state index contributed by atoms with van der Waals surface area (Å²) in [7, 11) is 2.78. The van der Waals surface area contributed by atoms with E-state index in [1.54, 1.807) is 24.4 Å². The number of ether oxygens (including phenoxy) is 3. The van der Waals surface area contributed by atoms with E-state index in [9.17, 15) is 9.59 Å². The number of rotatable bonds is 8. The van der Waals surface area contributed by atoms with Crippen LogP contribution in [-0.4, -0.2) is 48.6 Å². The smallest absolute Gasteiger partial charge is 0.343 e. The summed E-state index contributed by atoms with van der Waals surface area (Å²) >= 11 is 0. The summed E-state index contributed by atoms with van der Waals surface area (Å²) in [5.74, 6) is 0.181. The van der Waals surface area contributed by atoms with Crippen molar-refractivity contribution in [3.63, 3.8) is 0 Å². The Bertz CT molecular complexity index is 836. The molecule has 0 aliphatic heterocycles. The predicted octanol–water partition coefficient (Wildman–Crippen LogP) is 3.01. The third-order valence-electron chi connectivity index (χ3n) is 4.69. The van der Waals surface area contributed by atoms with Crippen molar-refractivity contribution in [3.8, 4) is 11.5 Å². The molecule has 1 aromatic heterocycles. The van der Waals surface area contributed by atoms with E-state index < -0.39 is 5.97 Å². The average molecular weight is 384 g/mol. The van der Waals surface area contributed by atoms with Gasteiger partial charge in [0, 0.05) is 17.8 Å². The third-order valence-corrected chi connectivity index (χ3v) is 4.69. The second-order valence-electron chi connectivity index (χ2n) is 6.60. The van der Waals surface area contributed by atoms with Crippen molar-refractivity contribution in [1.29, 1.82) is 0 Å². The van der Waals surface area contributed by atoms with Gasteiger partial charge in [-0.05, 0) is 50.1 Å². The zero-order valence-corrected chi connectivity index (χ0v) is 16.3. The number of methoxy groups -OCH3 is 2. The van der Waals surface area contributed by atoms with E-state index in [4.69, 9.17) is 9.47 Å². The quantitative estimate of drug-likeness (QED) is 0.651. The van der Waals surface area contributed by atoms with Crippen LogP contribution in [0, 0.1) is 0 Å². The maximum atomic E-state index is 13.3. The lowest BCUT2D eigenvalue weighted by Crippen LogP contribution is -2.36. The lowest BCUT2D eigenvalue weighted by molar-refractivity contribution is -0.142. The highest BCUT2D eigenvalue weighted by molar-refractivity contribution is 5.95. The zero-order chi connectivity index (χ0) is 20.1. The van der Waals surface area contributed by atoms with Gasteiger partial charge in [0.05, 0.1) is 26.0 Å². The number of aromatic nitrogens is 1. The second-order valence-corrected chi connectivity index (χ2v) is 6.60. The Morgan fingerprint density at radius 3 is 2.57 bits per heavy atom. The number of carbonyl (C=O) groups is 2. The van der Waals surface area contributed by atoms with E-state index in [1.165, 1.54) is 14.2 Å². The summed E-state index contributed by atoms with van der Waals surface area (Å²) in [5.41, 5.74) is 1.35. The maximum absolute atomic E-state index is 13.3. The minimum atomic E-state index is -0.494. The van der Waals surface area contributed by atoms with Crippen LogP contribution in [0.2, 0.25) is 0 Å². The topological polar surface area (TPSA) is 78.0 Å². The molecule has 1 saturated carbocycles. The van der Waals surface area contributed by atoms with Crippen LogP contribution in [0.25, 0.3) is 0 Å². The second kappa shape index (κ2) is 8.73. The van der Waals surface area contributed by atoms with Gasteiger partial charge >= 0.3 is 5.97 Å². The monoisotopic (exact) mass is 384 g/mol. The molecule has 0 bridgehead atoms. The molecule has 7 nitrogen and oxygen atoms in total. The molecule has 148 valence electrons. The Hall–Kier alpha value is -3.09. The van der Waals surface area contributed by atoms with Crippen LogP contribution in [0.4, 0.5) is 0 Å². The molecule has 0 N–H and O–H groups in total. The van der Waals surface area contributed by atoms with Crippen molar-refractivity contribution in [1.82, 2.24) is 9.88 Å². The molecule has 3 rings (SSSR count). The molecule has 0 saturated heterocycles. The van der Waals surface area contributed by atoms with E-state index in [0.29, 0.717) is 17.1 Å². The van der Waals surface area contributed by atoms with Gasteiger partial charge in [-0.3, -0.25) is 9.78 Å². The number of benzene rings is 1. The van der Waals surface area contributed by atoms with Crippen molar-refractivity contribution >= 4 is 11.9 Å². The lowest BCUT2D eigenvalue weighted by Gasteiger charge is -2.29. The number of carbonyl (C=O) groups excluding carboxylic acids is 2. The molecule has 1 aromatic carbocycles. The normalized spacial score (nSPS) is 14.1. The Kier molecular flexibility index (Phi) is 6.13. The molecule has 1 aliphatic carbocycles. The number of esters is 1. The van der Waals surface area contributed by atoms with E-state index in [2.05, 4.69) is 9.72 Å². The highest BCUT2D eigenvalue weighted by atomic mass is 16.6. The first-order valence-corrected chi connectivity index (χ1v) is 9.16. The van der Waals surface area contributed by atoms with Gasteiger partial charge in [-0.2, -0.15) is 0 Å².